The highest BCUT2D eigenvalue weighted by atomic mass is 19.1. The molecule has 0 aliphatic carbocycles. The third-order valence-corrected chi connectivity index (χ3v) is 1.43. The predicted octanol–water partition coefficient (Wildman–Crippen LogP) is 0.611. The van der Waals surface area contributed by atoms with Crippen LogP contribution in [0.1, 0.15) is 5.82 Å². The Morgan fingerprint density at radius 2 is 2.07 bits per heavy atom. The van der Waals surface area contributed by atoms with Crippen molar-refractivity contribution < 1.29 is 8.91 Å². The zero-order valence-corrected chi connectivity index (χ0v) is 7.01. The number of nitrogens with one attached hydrogen (secondary N) is 1. The summed E-state index contributed by atoms with van der Waals surface area (Å²) in [5.74, 6) is 0.323. The molecule has 7 heteroatoms. The monoisotopic (exact) mass is 195 g/mol. The Balaban J connectivity index is 1.95. The largest absolute Gasteiger partial charge is 0.347 e. The Bertz CT molecular complexity index is 387. The van der Waals surface area contributed by atoms with Crippen molar-refractivity contribution in [3.63, 3.8) is 0 Å². The number of hydrogen-bond acceptors (Lipinski definition) is 6. The van der Waals surface area contributed by atoms with Gasteiger partial charge in [0.15, 0.2) is 11.6 Å². The number of nitrogens with zero attached hydrogens (tertiary/aromatic N) is 4. The highest BCUT2D eigenvalue weighted by Gasteiger charge is 1.99. The molecule has 72 valence electrons. The fourth-order valence-corrected chi connectivity index (χ4v) is 0.832. The summed E-state index contributed by atoms with van der Waals surface area (Å²) in [4.78, 5) is 11.2. The van der Waals surface area contributed by atoms with Crippen LogP contribution in [0.25, 0.3) is 0 Å². The van der Waals surface area contributed by atoms with Crippen LogP contribution in [0.5, 0.6) is 0 Å². The quantitative estimate of drug-likeness (QED) is 0.773. The molecule has 0 amide bonds. The van der Waals surface area contributed by atoms with Crippen molar-refractivity contribution in [1.29, 1.82) is 0 Å². The van der Waals surface area contributed by atoms with E-state index in [2.05, 4.69) is 29.9 Å². The van der Waals surface area contributed by atoms with Gasteiger partial charge in [-0.05, 0) is 0 Å². The Kier molecular flexibility index (Phi) is 2.30. The lowest BCUT2D eigenvalue weighted by Crippen LogP contribution is -2.04. The van der Waals surface area contributed by atoms with Crippen LogP contribution >= 0.6 is 0 Å². The molecule has 0 aliphatic rings. The molecule has 0 saturated carbocycles. The molecule has 6 nitrogen and oxygen atoms in total. The first kappa shape index (κ1) is 8.54. The first-order valence-electron chi connectivity index (χ1n) is 3.81. The second-order valence-corrected chi connectivity index (χ2v) is 2.43. The van der Waals surface area contributed by atoms with Crippen molar-refractivity contribution in [3.05, 3.63) is 30.4 Å². The molecule has 0 aliphatic heterocycles. The van der Waals surface area contributed by atoms with Gasteiger partial charge in [-0.1, -0.05) is 5.16 Å². The van der Waals surface area contributed by atoms with E-state index >= 15 is 0 Å². The molecule has 0 radical (unpaired) electrons. The van der Waals surface area contributed by atoms with Crippen LogP contribution in [0.3, 0.4) is 0 Å². The number of halogens is 1. The minimum absolute atomic E-state index is 0.316. The first-order valence-corrected chi connectivity index (χ1v) is 3.81. The van der Waals surface area contributed by atoms with Crippen molar-refractivity contribution in [3.8, 4) is 0 Å². The van der Waals surface area contributed by atoms with Gasteiger partial charge < -0.3 is 9.84 Å². The van der Waals surface area contributed by atoms with Crippen LogP contribution in [0.2, 0.25) is 0 Å². The summed E-state index contributed by atoms with van der Waals surface area (Å²) >= 11 is 0. The fourth-order valence-electron chi connectivity index (χ4n) is 0.832. The average molecular weight is 195 g/mol. The van der Waals surface area contributed by atoms with E-state index in [1.165, 1.54) is 6.39 Å². The van der Waals surface area contributed by atoms with E-state index in [-0.39, 0.29) is 0 Å². The number of aromatic nitrogens is 4. The molecule has 2 heterocycles. The van der Waals surface area contributed by atoms with Gasteiger partial charge >= 0.3 is 0 Å². The zero-order chi connectivity index (χ0) is 9.80. The molecule has 1 N–H and O–H groups in total. The predicted molar refractivity (Wildman–Crippen MR) is 43.6 cm³/mol. The smallest absolute Gasteiger partial charge is 0.223 e. The van der Waals surface area contributed by atoms with Crippen LogP contribution in [-0.2, 0) is 6.54 Å². The second kappa shape index (κ2) is 3.77. The van der Waals surface area contributed by atoms with Gasteiger partial charge in [-0.25, -0.2) is 14.4 Å². The molecule has 14 heavy (non-hydrogen) atoms. The highest BCUT2D eigenvalue weighted by Crippen LogP contribution is 1.99. The number of anilines is 1. The normalized spacial score (nSPS) is 10.1. The van der Waals surface area contributed by atoms with Crippen LogP contribution < -0.4 is 5.32 Å². The van der Waals surface area contributed by atoms with Gasteiger partial charge in [0.05, 0.1) is 18.9 Å². The van der Waals surface area contributed by atoms with Gasteiger partial charge in [0.25, 0.3) is 0 Å². The zero-order valence-electron chi connectivity index (χ0n) is 7.01. The molecule has 0 saturated heterocycles. The molecule has 0 fully saturated rings. The van der Waals surface area contributed by atoms with E-state index < -0.39 is 5.82 Å². The van der Waals surface area contributed by atoms with Gasteiger partial charge in [-0.2, -0.15) is 4.98 Å². The summed E-state index contributed by atoms with van der Waals surface area (Å²) in [5, 5.41) is 6.37. The molecule has 2 rings (SSSR count). The van der Waals surface area contributed by atoms with E-state index in [1.807, 2.05) is 0 Å². The van der Waals surface area contributed by atoms with E-state index in [9.17, 15) is 4.39 Å². The molecule has 0 unspecified atom stereocenters. The summed E-state index contributed by atoms with van der Waals surface area (Å²) in [7, 11) is 0. The van der Waals surface area contributed by atoms with Crippen molar-refractivity contribution in [2.45, 2.75) is 6.54 Å². The fraction of sp³-hybridized carbons (Fsp3) is 0.143. The lowest BCUT2D eigenvalue weighted by Gasteiger charge is -1.99. The van der Waals surface area contributed by atoms with Crippen LogP contribution in [0.15, 0.2) is 23.3 Å². The summed E-state index contributed by atoms with van der Waals surface area (Å²) in [6.45, 7) is 0.335. The maximum Gasteiger partial charge on any atom is 0.223 e. The second-order valence-electron chi connectivity index (χ2n) is 2.43. The number of hydrogen-bond donors (Lipinski definition) is 1. The third-order valence-electron chi connectivity index (χ3n) is 1.43. The van der Waals surface area contributed by atoms with Crippen LogP contribution in [0, 0.1) is 5.82 Å². The average Bonchev–Trinajstić information content (AvgIpc) is 2.70. The molecule has 2 aromatic heterocycles. The minimum atomic E-state index is -0.477. The molecule has 0 spiro atoms. The van der Waals surface area contributed by atoms with Crippen molar-refractivity contribution in [2.24, 2.45) is 0 Å². The molecule has 2 aromatic rings. The highest BCUT2D eigenvalue weighted by molar-refractivity contribution is 5.22. The lowest BCUT2D eigenvalue weighted by atomic mass is 10.6. The van der Waals surface area contributed by atoms with Gasteiger partial charge in [-0.3, -0.25) is 0 Å². The minimum Gasteiger partial charge on any atom is -0.347 e. The Morgan fingerprint density at radius 3 is 2.71 bits per heavy atom. The topological polar surface area (TPSA) is 76.7 Å². The van der Waals surface area contributed by atoms with Crippen LogP contribution in [-0.4, -0.2) is 20.1 Å². The van der Waals surface area contributed by atoms with Gasteiger partial charge in [-0.15, -0.1) is 0 Å². The maximum absolute atomic E-state index is 12.4. The summed E-state index contributed by atoms with van der Waals surface area (Å²) in [6, 6.07) is 0. The molecular formula is C7H6FN5O. The number of rotatable bonds is 3. The maximum atomic E-state index is 12.4. The van der Waals surface area contributed by atoms with Crippen molar-refractivity contribution in [2.75, 3.05) is 5.32 Å². The van der Waals surface area contributed by atoms with Crippen molar-refractivity contribution in [1.82, 2.24) is 20.1 Å². The van der Waals surface area contributed by atoms with E-state index in [0.717, 1.165) is 12.4 Å². The van der Waals surface area contributed by atoms with Gasteiger partial charge in [0.1, 0.15) is 0 Å². The molecular weight excluding hydrogens is 189 g/mol. The molecule has 0 aromatic carbocycles. The molecule has 0 atom stereocenters. The van der Waals surface area contributed by atoms with Crippen molar-refractivity contribution >= 4 is 5.95 Å². The molecule has 0 bridgehead atoms. The van der Waals surface area contributed by atoms with Gasteiger partial charge in [0, 0.05) is 0 Å². The van der Waals surface area contributed by atoms with E-state index in [4.69, 9.17) is 0 Å². The third kappa shape index (κ3) is 2.00. The SMILES string of the molecule is Fc1cnc(NCc2ncon2)nc1. The Hall–Kier alpha value is -2.05. The first-order chi connectivity index (χ1) is 6.84. The Morgan fingerprint density at radius 1 is 1.29 bits per heavy atom. The summed E-state index contributed by atoms with van der Waals surface area (Å²) < 4.78 is 16.9. The van der Waals surface area contributed by atoms with Gasteiger partial charge in [0.2, 0.25) is 12.3 Å². The summed E-state index contributed by atoms with van der Waals surface area (Å²) in [6.07, 6.45) is 3.37. The standard InChI is InChI=1S/C7H6FN5O/c8-5-1-9-7(10-2-5)11-3-6-12-4-14-13-6/h1-2,4H,3H2,(H,9,10,11). The van der Waals surface area contributed by atoms with E-state index in [1.54, 1.807) is 0 Å². The summed E-state index contributed by atoms with van der Waals surface area (Å²) in [5.41, 5.74) is 0. The van der Waals surface area contributed by atoms with Crippen LogP contribution in [0.4, 0.5) is 10.3 Å². The Labute approximate surface area is 78.2 Å². The van der Waals surface area contributed by atoms with E-state index in [0.29, 0.717) is 18.3 Å². The lowest BCUT2D eigenvalue weighted by molar-refractivity contribution is 0.411.